The highest BCUT2D eigenvalue weighted by Crippen LogP contribution is 2.31. The Morgan fingerprint density at radius 1 is 0.467 bits per heavy atom. The molecule has 0 radical (unpaired) electrons. The summed E-state index contributed by atoms with van der Waals surface area (Å²) in [5, 5.41) is 0. The first-order chi connectivity index (χ1) is 14.7. The van der Waals surface area contributed by atoms with E-state index in [1.54, 1.807) is 28.4 Å². The first-order valence-corrected chi connectivity index (χ1v) is 10.2. The topological polar surface area (TPSA) is 36.9 Å². The van der Waals surface area contributed by atoms with E-state index in [-0.39, 0.29) is 0 Å². The van der Waals surface area contributed by atoms with Crippen molar-refractivity contribution in [3.8, 4) is 23.0 Å². The molecular weight excluding hydrogens is 376 g/mol. The standard InChI is InChI=1S/C26H30O4/c1-27-23-13-7-19(8-14-23)5-11-21-17-22(26(30-4)18-25(21)29-3)12-6-20-9-15-24(28-2)16-10-20/h7-10,13-18H,5-6,11-12H2,1-4H3. The fourth-order valence-corrected chi connectivity index (χ4v) is 3.57. The zero-order valence-corrected chi connectivity index (χ0v) is 18.2. The van der Waals surface area contributed by atoms with Gasteiger partial charge in [0.25, 0.3) is 0 Å². The van der Waals surface area contributed by atoms with Crippen molar-refractivity contribution in [1.29, 1.82) is 0 Å². The van der Waals surface area contributed by atoms with Gasteiger partial charge in [0.1, 0.15) is 23.0 Å². The van der Waals surface area contributed by atoms with Crippen molar-refractivity contribution in [2.24, 2.45) is 0 Å². The van der Waals surface area contributed by atoms with E-state index in [4.69, 9.17) is 18.9 Å². The fraction of sp³-hybridized carbons (Fsp3) is 0.308. The molecule has 158 valence electrons. The fourth-order valence-electron chi connectivity index (χ4n) is 3.57. The molecule has 0 unspecified atom stereocenters. The molecule has 0 atom stereocenters. The molecule has 0 N–H and O–H groups in total. The molecule has 0 bridgehead atoms. The summed E-state index contributed by atoms with van der Waals surface area (Å²) in [6.45, 7) is 0. The Morgan fingerprint density at radius 3 is 1.20 bits per heavy atom. The van der Waals surface area contributed by atoms with E-state index < -0.39 is 0 Å². The molecule has 0 fully saturated rings. The summed E-state index contributed by atoms with van der Waals surface area (Å²) in [5.41, 5.74) is 4.93. The second kappa shape index (κ2) is 10.6. The van der Waals surface area contributed by atoms with Gasteiger partial charge in [-0.1, -0.05) is 24.3 Å². The van der Waals surface area contributed by atoms with E-state index in [1.165, 1.54) is 22.3 Å². The lowest BCUT2D eigenvalue weighted by Crippen LogP contribution is -2.02. The van der Waals surface area contributed by atoms with Crippen LogP contribution in [0.2, 0.25) is 0 Å². The third kappa shape index (κ3) is 5.47. The minimum Gasteiger partial charge on any atom is -0.497 e. The Hall–Kier alpha value is -3.14. The van der Waals surface area contributed by atoms with Crippen molar-refractivity contribution in [3.63, 3.8) is 0 Å². The number of ether oxygens (including phenoxy) is 4. The SMILES string of the molecule is COc1ccc(CCc2cc(CCc3ccc(OC)cc3)c(OC)cc2OC)cc1. The van der Waals surface area contributed by atoms with Gasteiger partial charge in [-0.05, 0) is 78.3 Å². The first-order valence-electron chi connectivity index (χ1n) is 10.2. The predicted octanol–water partition coefficient (Wildman–Crippen LogP) is 5.29. The van der Waals surface area contributed by atoms with E-state index in [1.807, 2.05) is 30.3 Å². The van der Waals surface area contributed by atoms with Gasteiger partial charge < -0.3 is 18.9 Å². The maximum atomic E-state index is 5.64. The van der Waals surface area contributed by atoms with Gasteiger partial charge in [0, 0.05) is 6.07 Å². The van der Waals surface area contributed by atoms with Crippen molar-refractivity contribution < 1.29 is 18.9 Å². The lowest BCUT2D eigenvalue weighted by atomic mass is 9.97. The van der Waals surface area contributed by atoms with Crippen molar-refractivity contribution in [1.82, 2.24) is 0 Å². The van der Waals surface area contributed by atoms with Crippen LogP contribution in [0, 0.1) is 0 Å². The van der Waals surface area contributed by atoms with Gasteiger partial charge in [0.15, 0.2) is 0 Å². The molecular formula is C26H30O4. The quantitative estimate of drug-likeness (QED) is 0.458. The van der Waals surface area contributed by atoms with Crippen LogP contribution in [0.25, 0.3) is 0 Å². The van der Waals surface area contributed by atoms with Gasteiger partial charge in [-0.15, -0.1) is 0 Å². The van der Waals surface area contributed by atoms with Crippen LogP contribution in [0.3, 0.4) is 0 Å². The predicted molar refractivity (Wildman–Crippen MR) is 120 cm³/mol. The van der Waals surface area contributed by atoms with E-state index >= 15 is 0 Å². The summed E-state index contributed by atoms with van der Waals surface area (Å²) in [7, 11) is 6.79. The third-order valence-electron chi connectivity index (χ3n) is 5.37. The molecule has 0 amide bonds. The van der Waals surface area contributed by atoms with Gasteiger partial charge >= 0.3 is 0 Å². The molecule has 4 heteroatoms. The minimum absolute atomic E-state index is 0.869. The molecule has 0 heterocycles. The van der Waals surface area contributed by atoms with Crippen LogP contribution in [-0.2, 0) is 25.7 Å². The Labute approximate surface area is 179 Å². The summed E-state index contributed by atoms with van der Waals surface area (Å²) in [5.74, 6) is 3.49. The number of rotatable bonds is 10. The molecule has 0 aliphatic rings. The van der Waals surface area contributed by atoms with Gasteiger partial charge in [-0.2, -0.15) is 0 Å². The summed E-state index contributed by atoms with van der Waals surface area (Å²) >= 11 is 0. The summed E-state index contributed by atoms with van der Waals surface area (Å²) < 4.78 is 21.8. The van der Waals surface area contributed by atoms with Gasteiger partial charge in [0.05, 0.1) is 28.4 Å². The van der Waals surface area contributed by atoms with E-state index in [0.717, 1.165) is 48.7 Å². The largest absolute Gasteiger partial charge is 0.497 e. The van der Waals surface area contributed by atoms with Crippen molar-refractivity contribution in [3.05, 3.63) is 82.9 Å². The molecule has 3 rings (SSSR count). The molecule has 4 nitrogen and oxygen atoms in total. The average Bonchev–Trinajstić information content (AvgIpc) is 2.81. The smallest absolute Gasteiger partial charge is 0.125 e. The summed E-state index contributed by atoms with van der Waals surface area (Å²) in [6.07, 6.45) is 3.67. The molecule has 0 aliphatic carbocycles. The average molecular weight is 407 g/mol. The lowest BCUT2D eigenvalue weighted by molar-refractivity contribution is 0.387. The van der Waals surface area contributed by atoms with Crippen molar-refractivity contribution >= 4 is 0 Å². The van der Waals surface area contributed by atoms with Crippen LogP contribution >= 0.6 is 0 Å². The molecule has 0 saturated carbocycles. The van der Waals surface area contributed by atoms with Crippen LogP contribution in [0.15, 0.2) is 60.7 Å². The Balaban J connectivity index is 1.74. The second-order valence-corrected chi connectivity index (χ2v) is 7.17. The minimum atomic E-state index is 0.869. The van der Waals surface area contributed by atoms with Crippen LogP contribution in [0.1, 0.15) is 22.3 Å². The van der Waals surface area contributed by atoms with Crippen molar-refractivity contribution in [2.45, 2.75) is 25.7 Å². The second-order valence-electron chi connectivity index (χ2n) is 7.17. The molecule has 0 spiro atoms. The number of hydrogen-bond acceptors (Lipinski definition) is 4. The van der Waals surface area contributed by atoms with Crippen molar-refractivity contribution in [2.75, 3.05) is 28.4 Å². The number of aryl methyl sites for hydroxylation is 4. The van der Waals surface area contributed by atoms with E-state index in [2.05, 4.69) is 30.3 Å². The molecule has 0 saturated heterocycles. The first kappa shape index (κ1) is 21.6. The van der Waals surface area contributed by atoms with Crippen LogP contribution in [0.4, 0.5) is 0 Å². The van der Waals surface area contributed by atoms with Crippen LogP contribution in [0.5, 0.6) is 23.0 Å². The highest BCUT2D eigenvalue weighted by Gasteiger charge is 2.12. The highest BCUT2D eigenvalue weighted by molar-refractivity contribution is 5.47. The van der Waals surface area contributed by atoms with Gasteiger partial charge in [-0.3, -0.25) is 0 Å². The summed E-state index contributed by atoms with van der Waals surface area (Å²) in [4.78, 5) is 0. The monoisotopic (exact) mass is 406 g/mol. The Bertz CT molecular complexity index is 856. The molecule has 0 aliphatic heterocycles. The Morgan fingerprint density at radius 2 is 0.867 bits per heavy atom. The van der Waals surface area contributed by atoms with E-state index in [0.29, 0.717) is 0 Å². The van der Waals surface area contributed by atoms with Crippen LogP contribution < -0.4 is 18.9 Å². The van der Waals surface area contributed by atoms with Gasteiger partial charge in [0.2, 0.25) is 0 Å². The number of hydrogen-bond donors (Lipinski definition) is 0. The molecule has 30 heavy (non-hydrogen) atoms. The maximum absolute atomic E-state index is 5.64. The highest BCUT2D eigenvalue weighted by atomic mass is 16.5. The zero-order valence-electron chi connectivity index (χ0n) is 18.2. The molecule has 3 aromatic carbocycles. The summed E-state index contributed by atoms with van der Waals surface area (Å²) in [6, 6.07) is 20.7. The molecule has 3 aromatic rings. The zero-order chi connectivity index (χ0) is 21.3. The van der Waals surface area contributed by atoms with E-state index in [9.17, 15) is 0 Å². The Kier molecular flexibility index (Phi) is 7.61. The lowest BCUT2D eigenvalue weighted by Gasteiger charge is -2.15. The number of methoxy groups -OCH3 is 4. The third-order valence-corrected chi connectivity index (χ3v) is 5.37. The van der Waals surface area contributed by atoms with Gasteiger partial charge in [-0.25, -0.2) is 0 Å². The molecule has 0 aromatic heterocycles. The maximum Gasteiger partial charge on any atom is 0.125 e. The van der Waals surface area contributed by atoms with Crippen LogP contribution in [-0.4, -0.2) is 28.4 Å². The normalized spacial score (nSPS) is 10.5. The number of benzene rings is 3.